The Hall–Kier alpha value is 0.230. The van der Waals surface area contributed by atoms with Crippen LogP contribution in [0.15, 0.2) is 16.6 Å². The Labute approximate surface area is 139 Å². The van der Waals surface area contributed by atoms with E-state index in [9.17, 15) is 4.39 Å². The van der Waals surface area contributed by atoms with Gasteiger partial charge in [-0.1, -0.05) is 45.4 Å². The fourth-order valence-corrected chi connectivity index (χ4v) is 3.16. The smallest absolute Gasteiger partial charge is 0.147 e. The van der Waals surface area contributed by atoms with Crippen LogP contribution in [0.2, 0.25) is 5.02 Å². The quantitative estimate of drug-likeness (QED) is 0.623. The second kappa shape index (κ2) is 8.02. The predicted molar refractivity (Wildman–Crippen MR) is 92.4 cm³/mol. The molecule has 0 aliphatic carbocycles. The highest BCUT2D eigenvalue weighted by Crippen LogP contribution is 2.34. The van der Waals surface area contributed by atoms with E-state index in [1.54, 1.807) is 0 Å². The standard InChI is InChI=1S/C15H22BrClFNS/c1-5-8-19-12(9-20-15(2,3)4)10-6-7-11(16)13(17)14(10)18/h6-7,12,19H,5,8-9H2,1-4H3. The Kier molecular flexibility index (Phi) is 7.33. The minimum Gasteiger partial charge on any atom is -0.309 e. The number of nitrogens with one attached hydrogen (secondary N) is 1. The van der Waals surface area contributed by atoms with Crippen molar-refractivity contribution in [2.75, 3.05) is 12.3 Å². The highest BCUT2D eigenvalue weighted by atomic mass is 79.9. The van der Waals surface area contributed by atoms with E-state index in [0.717, 1.165) is 18.7 Å². The number of halogens is 3. The summed E-state index contributed by atoms with van der Waals surface area (Å²) >= 11 is 11.1. The molecule has 0 bridgehead atoms. The summed E-state index contributed by atoms with van der Waals surface area (Å²) in [6.07, 6.45) is 1.02. The Morgan fingerprint density at radius 3 is 2.60 bits per heavy atom. The van der Waals surface area contributed by atoms with Crippen LogP contribution < -0.4 is 5.32 Å². The van der Waals surface area contributed by atoms with Crippen LogP contribution in [-0.2, 0) is 0 Å². The first kappa shape index (κ1) is 18.3. The van der Waals surface area contributed by atoms with Gasteiger partial charge in [-0.2, -0.15) is 11.8 Å². The minimum absolute atomic E-state index is 0.0234. The third-order valence-electron chi connectivity index (χ3n) is 2.76. The predicted octanol–water partition coefficient (Wildman–Crippen LogP) is 5.81. The molecule has 0 amide bonds. The molecule has 0 fully saturated rings. The number of hydrogen-bond acceptors (Lipinski definition) is 2. The van der Waals surface area contributed by atoms with Crippen molar-refractivity contribution >= 4 is 39.3 Å². The molecule has 0 spiro atoms. The third kappa shape index (κ3) is 5.55. The van der Waals surface area contributed by atoms with Crippen molar-refractivity contribution in [1.29, 1.82) is 0 Å². The van der Waals surface area contributed by atoms with Crippen molar-refractivity contribution in [2.45, 2.75) is 44.9 Å². The largest absolute Gasteiger partial charge is 0.309 e. The summed E-state index contributed by atoms with van der Waals surface area (Å²) in [5, 5.41) is 3.57. The fraction of sp³-hybridized carbons (Fsp3) is 0.600. The highest BCUT2D eigenvalue weighted by Gasteiger charge is 2.21. The van der Waals surface area contributed by atoms with Crippen LogP contribution in [0.1, 0.15) is 45.7 Å². The lowest BCUT2D eigenvalue weighted by Crippen LogP contribution is -2.27. The van der Waals surface area contributed by atoms with Crippen LogP contribution in [0, 0.1) is 5.82 Å². The topological polar surface area (TPSA) is 12.0 Å². The van der Waals surface area contributed by atoms with Crippen molar-refractivity contribution < 1.29 is 4.39 Å². The molecule has 0 radical (unpaired) electrons. The molecule has 1 atom stereocenters. The van der Waals surface area contributed by atoms with Crippen molar-refractivity contribution in [3.63, 3.8) is 0 Å². The van der Waals surface area contributed by atoms with E-state index in [1.807, 2.05) is 23.9 Å². The van der Waals surface area contributed by atoms with Gasteiger partial charge in [0.1, 0.15) is 5.82 Å². The maximum absolute atomic E-state index is 14.3. The maximum atomic E-state index is 14.3. The van der Waals surface area contributed by atoms with Crippen LogP contribution in [0.4, 0.5) is 4.39 Å². The van der Waals surface area contributed by atoms with E-state index in [0.29, 0.717) is 10.0 Å². The summed E-state index contributed by atoms with van der Waals surface area (Å²) in [4.78, 5) is 0. The number of benzene rings is 1. The average molecular weight is 383 g/mol. The Balaban J connectivity index is 2.95. The summed E-state index contributed by atoms with van der Waals surface area (Å²) in [5.74, 6) is 0.488. The van der Waals surface area contributed by atoms with Gasteiger partial charge in [0.25, 0.3) is 0 Å². The van der Waals surface area contributed by atoms with Crippen LogP contribution in [0.25, 0.3) is 0 Å². The van der Waals surface area contributed by atoms with Gasteiger partial charge < -0.3 is 5.32 Å². The normalized spacial score (nSPS) is 13.6. The Morgan fingerprint density at radius 2 is 2.05 bits per heavy atom. The lowest BCUT2D eigenvalue weighted by Gasteiger charge is -2.25. The number of thioether (sulfide) groups is 1. The van der Waals surface area contributed by atoms with Gasteiger partial charge in [0.2, 0.25) is 0 Å². The molecule has 20 heavy (non-hydrogen) atoms. The average Bonchev–Trinajstić information content (AvgIpc) is 2.36. The summed E-state index contributed by atoms with van der Waals surface area (Å²) in [7, 11) is 0. The molecule has 0 aliphatic rings. The van der Waals surface area contributed by atoms with Gasteiger partial charge in [-0.15, -0.1) is 0 Å². The zero-order chi connectivity index (χ0) is 15.3. The lowest BCUT2D eigenvalue weighted by molar-refractivity contribution is 0.531. The summed E-state index contributed by atoms with van der Waals surface area (Å²) in [6, 6.07) is 3.59. The molecule has 0 aliphatic heterocycles. The van der Waals surface area contributed by atoms with E-state index in [-0.39, 0.29) is 21.6 Å². The lowest BCUT2D eigenvalue weighted by atomic mass is 10.1. The van der Waals surface area contributed by atoms with E-state index in [1.165, 1.54) is 0 Å². The molecular formula is C15H22BrClFNS. The van der Waals surface area contributed by atoms with Gasteiger partial charge in [0, 0.05) is 26.6 Å². The van der Waals surface area contributed by atoms with Crippen molar-refractivity contribution in [3.8, 4) is 0 Å². The Bertz CT molecular complexity index is 448. The molecule has 1 rings (SSSR count). The first-order chi connectivity index (χ1) is 9.26. The summed E-state index contributed by atoms with van der Waals surface area (Å²) < 4.78 is 15.1. The van der Waals surface area contributed by atoms with E-state index < -0.39 is 0 Å². The van der Waals surface area contributed by atoms with Gasteiger partial charge >= 0.3 is 0 Å². The molecule has 1 aromatic carbocycles. The van der Waals surface area contributed by atoms with Crippen molar-refractivity contribution in [2.24, 2.45) is 0 Å². The maximum Gasteiger partial charge on any atom is 0.147 e. The van der Waals surface area contributed by atoms with Crippen LogP contribution in [-0.4, -0.2) is 17.0 Å². The van der Waals surface area contributed by atoms with Crippen LogP contribution in [0.5, 0.6) is 0 Å². The van der Waals surface area contributed by atoms with Gasteiger partial charge in [-0.3, -0.25) is 0 Å². The van der Waals surface area contributed by atoms with Crippen LogP contribution >= 0.6 is 39.3 Å². The SMILES string of the molecule is CCCNC(CSC(C)(C)C)c1ccc(Br)c(Cl)c1F. The fourth-order valence-electron chi connectivity index (χ4n) is 1.72. The molecule has 0 saturated carbocycles. The molecule has 0 saturated heterocycles. The van der Waals surface area contributed by atoms with Gasteiger partial charge in [-0.25, -0.2) is 4.39 Å². The van der Waals surface area contributed by atoms with E-state index >= 15 is 0 Å². The van der Waals surface area contributed by atoms with Gasteiger partial charge in [0.15, 0.2) is 0 Å². The zero-order valence-electron chi connectivity index (χ0n) is 12.4. The first-order valence-corrected chi connectivity index (χ1v) is 8.92. The molecule has 0 heterocycles. The molecule has 1 unspecified atom stereocenters. The number of hydrogen-bond donors (Lipinski definition) is 1. The molecular weight excluding hydrogens is 361 g/mol. The third-order valence-corrected chi connectivity index (χ3v) is 5.39. The summed E-state index contributed by atoms with van der Waals surface area (Å²) in [6.45, 7) is 9.47. The van der Waals surface area contributed by atoms with Crippen molar-refractivity contribution in [1.82, 2.24) is 5.32 Å². The minimum atomic E-state index is -0.329. The zero-order valence-corrected chi connectivity index (χ0v) is 15.6. The van der Waals surface area contributed by atoms with Crippen LogP contribution in [0.3, 0.4) is 0 Å². The Morgan fingerprint density at radius 1 is 1.40 bits per heavy atom. The second-order valence-electron chi connectivity index (χ2n) is 5.69. The second-order valence-corrected chi connectivity index (χ2v) is 8.77. The molecule has 5 heteroatoms. The number of rotatable bonds is 6. The van der Waals surface area contributed by atoms with Crippen molar-refractivity contribution in [3.05, 3.63) is 33.0 Å². The molecule has 1 aromatic rings. The van der Waals surface area contributed by atoms with E-state index in [2.05, 4.69) is 48.9 Å². The first-order valence-electron chi connectivity index (χ1n) is 6.77. The van der Waals surface area contributed by atoms with Gasteiger partial charge in [0.05, 0.1) is 5.02 Å². The molecule has 114 valence electrons. The molecule has 1 nitrogen and oxygen atoms in total. The monoisotopic (exact) mass is 381 g/mol. The molecule has 0 aromatic heterocycles. The highest BCUT2D eigenvalue weighted by molar-refractivity contribution is 9.10. The summed E-state index contributed by atoms with van der Waals surface area (Å²) in [5.41, 5.74) is 0.642. The van der Waals surface area contributed by atoms with E-state index in [4.69, 9.17) is 11.6 Å². The molecule has 1 N–H and O–H groups in total. The van der Waals surface area contributed by atoms with Gasteiger partial charge in [-0.05, 0) is 35.0 Å².